The fourth-order valence-corrected chi connectivity index (χ4v) is 2.72. The van der Waals surface area contributed by atoms with E-state index in [1.165, 1.54) is 0 Å². The SMILES string of the molecule is O=C(O)C1=C(CF)NC2=C(C(=O)OC2)C1c1ccccc1. The van der Waals surface area contributed by atoms with Crippen LogP contribution in [0, 0.1) is 0 Å². The first kappa shape index (κ1) is 13.4. The number of dihydropyridines is 1. The molecule has 0 bridgehead atoms. The third-order valence-corrected chi connectivity index (χ3v) is 3.59. The van der Waals surface area contributed by atoms with Crippen molar-refractivity contribution < 1.29 is 23.8 Å². The van der Waals surface area contributed by atoms with E-state index in [4.69, 9.17) is 4.74 Å². The fourth-order valence-electron chi connectivity index (χ4n) is 2.72. The molecule has 1 aromatic rings. The summed E-state index contributed by atoms with van der Waals surface area (Å²) in [4.78, 5) is 23.5. The predicted octanol–water partition coefficient (Wildman–Crippen LogP) is 1.49. The van der Waals surface area contributed by atoms with Gasteiger partial charge in [0.15, 0.2) is 0 Å². The molecule has 5 nitrogen and oxygen atoms in total. The largest absolute Gasteiger partial charge is 0.478 e. The number of ether oxygens (including phenoxy) is 1. The number of allylic oxidation sites excluding steroid dienone is 1. The molecule has 1 unspecified atom stereocenters. The number of carbonyl (C=O) groups excluding carboxylic acids is 1. The van der Waals surface area contributed by atoms with Gasteiger partial charge in [-0.2, -0.15) is 0 Å². The fraction of sp³-hybridized carbons (Fsp3) is 0.200. The van der Waals surface area contributed by atoms with Crippen molar-refractivity contribution in [3.05, 3.63) is 58.4 Å². The zero-order chi connectivity index (χ0) is 15.0. The highest BCUT2D eigenvalue weighted by atomic mass is 19.1. The maximum Gasteiger partial charge on any atom is 0.337 e. The minimum Gasteiger partial charge on any atom is -0.478 e. The van der Waals surface area contributed by atoms with E-state index in [1.54, 1.807) is 30.3 Å². The molecule has 2 heterocycles. The summed E-state index contributed by atoms with van der Waals surface area (Å²) in [6.07, 6.45) is 0. The zero-order valence-electron chi connectivity index (χ0n) is 10.9. The number of rotatable bonds is 3. The maximum absolute atomic E-state index is 13.2. The summed E-state index contributed by atoms with van der Waals surface area (Å²) in [6, 6.07) is 8.70. The lowest BCUT2D eigenvalue weighted by Gasteiger charge is -2.26. The molecule has 0 radical (unpaired) electrons. The van der Waals surface area contributed by atoms with Gasteiger partial charge in [-0.3, -0.25) is 0 Å². The standard InChI is InChI=1S/C15H12FNO4/c16-6-9-12(14(18)19)11(8-4-2-1-3-5-8)13-10(17-9)7-21-15(13)20/h1-5,11,17H,6-7H2,(H,18,19). The summed E-state index contributed by atoms with van der Waals surface area (Å²) in [5.41, 5.74) is 1.12. The monoisotopic (exact) mass is 289 g/mol. The van der Waals surface area contributed by atoms with Gasteiger partial charge in [-0.15, -0.1) is 0 Å². The van der Waals surface area contributed by atoms with Crippen molar-refractivity contribution in [1.82, 2.24) is 5.32 Å². The van der Waals surface area contributed by atoms with E-state index in [0.717, 1.165) is 0 Å². The molecule has 0 spiro atoms. The molecular weight excluding hydrogens is 277 g/mol. The van der Waals surface area contributed by atoms with Gasteiger partial charge in [-0.25, -0.2) is 14.0 Å². The Morgan fingerprint density at radius 3 is 2.71 bits per heavy atom. The Hall–Kier alpha value is -2.63. The maximum atomic E-state index is 13.2. The number of aliphatic carboxylic acids is 1. The van der Waals surface area contributed by atoms with Crippen LogP contribution in [0.5, 0.6) is 0 Å². The quantitative estimate of drug-likeness (QED) is 0.825. The lowest BCUT2D eigenvalue weighted by molar-refractivity contribution is -0.136. The number of alkyl halides is 1. The second-order valence-corrected chi connectivity index (χ2v) is 4.77. The normalized spacial score (nSPS) is 21.0. The van der Waals surface area contributed by atoms with Crippen molar-refractivity contribution in [2.45, 2.75) is 5.92 Å². The van der Waals surface area contributed by atoms with Gasteiger partial charge in [0, 0.05) is 0 Å². The summed E-state index contributed by atoms with van der Waals surface area (Å²) >= 11 is 0. The van der Waals surface area contributed by atoms with E-state index in [0.29, 0.717) is 11.3 Å². The first-order valence-corrected chi connectivity index (χ1v) is 6.38. The van der Waals surface area contributed by atoms with Crippen LogP contribution >= 0.6 is 0 Å². The van der Waals surface area contributed by atoms with E-state index in [2.05, 4.69) is 5.32 Å². The molecule has 2 aliphatic rings. The lowest BCUT2D eigenvalue weighted by Crippen LogP contribution is -2.31. The number of halogens is 1. The van der Waals surface area contributed by atoms with Gasteiger partial charge >= 0.3 is 11.9 Å². The molecule has 0 aliphatic carbocycles. The van der Waals surface area contributed by atoms with Crippen LogP contribution in [0.25, 0.3) is 0 Å². The Bertz CT molecular complexity index is 678. The summed E-state index contributed by atoms with van der Waals surface area (Å²) < 4.78 is 18.2. The van der Waals surface area contributed by atoms with Crippen molar-refractivity contribution in [1.29, 1.82) is 0 Å². The number of hydrogen-bond acceptors (Lipinski definition) is 4. The molecule has 0 amide bonds. The second-order valence-electron chi connectivity index (χ2n) is 4.77. The highest BCUT2D eigenvalue weighted by Crippen LogP contribution is 2.40. The lowest BCUT2D eigenvalue weighted by atomic mass is 9.81. The Morgan fingerprint density at radius 1 is 1.38 bits per heavy atom. The highest BCUT2D eigenvalue weighted by Gasteiger charge is 2.42. The number of carbonyl (C=O) groups is 2. The summed E-state index contributed by atoms with van der Waals surface area (Å²) in [6.45, 7) is -0.941. The van der Waals surface area contributed by atoms with E-state index < -0.39 is 24.5 Å². The Labute approximate surface area is 119 Å². The summed E-state index contributed by atoms with van der Waals surface area (Å²) in [5.74, 6) is -2.64. The van der Waals surface area contributed by atoms with Crippen LogP contribution in [0.15, 0.2) is 52.9 Å². The van der Waals surface area contributed by atoms with Crippen molar-refractivity contribution in [2.75, 3.05) is 13.3 Å². The molecule has 1 atom stereocenters. The molecule has 0 aromatic heterocycles. The molecule has 6 heteroatoms. The molecule has 108 valence electrons. The average molecular weight is 289 g/mol. The van der Waals surface area contributed by atoms with Crippen molar-refractivity contribution >= 4 is 11.9 Å². The minimum absolute atomic E-state index is 0.00784. The third-order valence-electron chi connectivity index (χ3n) is 3.59. The van der Waals surface area contributed by atoms with E-state index in [1.807, 2.05) is 0 Å². The average Bonchev–Trinajstić information content (AvgIpc) is 2.87. The number of nitrogens with one attached hydrogen (secondary N) is 1. The van der Waals surface area contributed by atoms with Gasteiger partial charge in [-0.05, 0) is 5.56 Å². The first-order chi connectivity index (χ1) is 10.1. The molecule has 21 heavy (non-hydrogen) atoms. The van der Waals surface area contributed by atoms with Crippen molar-refractivity contribution in [2.24, 2.45) is 0 Å². The van der Waals surface area contributed by atoms with Crippen LogP contribution < -0.4 is 5.32 Å². The summed E-state index contributed by atoms with van der Waals surface area (Å²) in [7, 11) is 0. The Morgan fingerprint density at radius 2 is 2.10 bits per heavy atom. The molecular formula is C15H12FNO4. The van der Waals surface area contributed by atoms with E-state index in [9.17, 15) is 19.1 Å². The van der Waals surface area contributed by atoms with Gasteiger partial charge < -0.3 is 15.2 Å². The number of hydrogen-bond donors (Lipinski definition) is 2. The number of carboxylic acid groups (broad SMARTS) is 1. The minimum atomic E-state index is -1.25. The molecule has 2 aliphatic heterocycles. The number of carboxylic acids is 1. The first-order valence-electron chi connectivity index (χ1n) is 6.38. The molecule has 0 saturated carbocycles. The zero-order valence-corrected chi connectivity index (χ0v) is 10.9. The van der Waals surface area contributed by atoms with Gasteiger partial charge in [0.25, 0.3) is 0 Å². The van der Waals surface area contributed by atoms with E-state index in [-0.39, 0.29) is 23.5 Å². The van der Waals surface area contributed by atoms with Gasteiger partial charge in [0.1, 0.15) is 13.3 Å². The van der Waals surface area contributed by atoms with Crippen LogP contribution in [0.2, 0.25) is 0 Å². The smallest absolute Gasteiger partial charge is 0.337 e. The molecule has 2 N–H and O–H groups in total. The molecule has 0 fully saturated rings. The van der Waals surface area contributed by atoms with Crippen LogP contribution in [-0.2, 0) is 14.3 Å². The molecule has 1 aromatic carbocycles. The van der Waals surface area contributed by atoms with Gasteiger partial charge in [0.2, 0.25) is 0 Å². The number of benzene rings is 1. The van der Waals surface area contributed by atoms with Crippen LogP contribution in [0.4, 0.5) is 4.39 Å². The Kier molecular flexibility index (Phi) is 3.21. The van der Waals surface area contributed by atoms with Crippen molar-refractivity contribution in [3.8, 4) is 0 Å². The van der Waals surface area contributed by atoms with Crippen LogP contribution in [0.1, 0.15) is 11.5 Å². The van der Waals surface area contributed by atoms with E-state index >= 15 is 0 Å². The molecule has 3 rings (SSSR count). The van der Waals surface area contributed by atoms with Crippen LogP contribution in [0.3, 0.4) is 0 Å². The number of esters is 1. The highest BCUT2D eigenvalue weighted by molar-refractivity contribution is 6.00. The third kappa shape index (κ3) is 2.08. The second kappa shape index (κ2) is 5.05. The van der Waals surface area contributed by atoms with Crippen molar-refractivity contribution in [3.63, 3.8) is 0 Å². The topological polar surface area (TPSA) is 75.6 Å². The van der Waals surface area contributed by atoms with Gasteiger partial charge in [0.05, 0.1) is 28.5 Å². The molecule has 0 saturated heterocycles. The predicted molar refractivity (Wildman–Crippen MR) is 70.9 cm³/mol. The number of cyclic esters (lactones) is 1. The van der Waals surface area contributed by atoms with Crippen LogP contribution in [-0.4, -0.2) is 30.3 Å². The Balaban J connectivity index is 2.20. The summed E-state index contributed by atoms with van der Waals surface area (Å²) in [5, 5.41) is 12.1. The van der Waals surface area contributed by atoms with Gasteiger partial charge in [-0.1, -0.05) is 30.3 Å².